The first-order valence-corrected chi connectivity index (χ1v) is 11.6. The fourth-order valence-electron chi connectivity index (χ4n) is 3.96. The van der Waals surface area contributed by atoms with E-state index in [1.807, 2.05) is 48.5 Å². The van der Waals surface area contributed by atoms with Crippen LogP contribution in [0.15, 0.2) is 60.7 Å². The molecule has 35 heavy (non-hydrogen) atoms. The lowest BCUT2D eigenvalue weighted by atomic mass is 10.2. The molecule has 0 aliphatic carbocycles. The number of carbonyl (C=O) groups is 2. The third-order valence-corrected chi connectivity index (χ3v) is 5.79. The fraction of sp³-hybridized carbons (Fsp3) is 0.462. The number of benzene rings is 2. The summed E-state index contributed by atoms with van der Waals surface area (Å²) in [5.74, 6) is -0.828. The van der Waals surface area contributed by atoms with E-state index in [0.717, 1.165) is 26.2 Å². The first kappa shape index (κ1) is 28.7. The van der Waals surface area contributed by atoms with Crippen LogP contribution in [0.4, 0.5) is 0 Å². The molecule has 2 aliphatic rings. The van der Waals surface area contributed by atoms with E-state index < -0.39 is 12.1 Å². The van der Waals surface area contributed by atoms with Gasteiger partial charge in [0.05, 0.1) is 13.2 Å². The molecule has 2 atom stereocenters. The second-order valence-electron chi connectivity index (χ2n) is 8.73. The molecule has 2 unspecified atom stereocenters. The zero-order valence-electron chi connectivity index (χ0n) is 20.4. The number of morpholine rings is 2. The highest BCUT2D eigenvalue weighted by atomic mass is 35.5. The lowest BCUT2D eigenvalue weighted by Crippen LogP contribution is -2.49. The third kappa shape index (κ3) is 9.58. The number of amides is 1. The summed E-state index contributed by atoms with van der Waals surface area (Å²) < 4.78 is 10.7. The molecule has 0 aromatic heterocycles. The Bertz CT molecular complexity index is 900. The molecule has 0 bridgehead atoms. The number of likely N-dealkylation sites (N-methyl/N-ethyl adjacent to an activating group) is 1. The van der Waals surface area contributed by atoms with Crippen LogP contribution >= 0.6 is 12.4 Å². The molecule has 0 saturated carbocycles. The number of carboxylic acids is 1. The number of ether oxygens (including phenoxy) is 2. The Labute approximate surface area is 213 Å². The molecule has 2 aromatic rings. The molecule has 2 heterocycles. The molecule has 0 radical (unpaired) electrons. The van der Waals surface area contributed by atoms with E-state index in [0.29, 0.717) is 26.3 Å². The van der Waals surface area contributed by atoms with Gasteiger partial charge >= 0.3 is 5.97 Å². The van der Waals surface area contributed by atoms with Crippen LogP contribution in [0.1, 0.15) is 11.1 Å². The van der Waals surface area contributed by atoms with Crippen LogP contribution < -0.4 is 0 Å². The molecule has 0 spiro atoms. The Morgan fingerprint density at radius 3 is 1.69 bits per heavy atom. The second-order valence-corrected chi connectivity index (χ2v) is 8.73. The fourth-order valence-corrected chi connectivity index (χ4v) is 3.96. The van der Waals surface area contributed by atoms with E-state index in [-0.39, 0.29) is 24.4 Å². The SMILES string of the molecule is CN(C)C(=O)C1CN(Cc2ccccc2)CCO1.Cl.O=C(O)C1CN(Cc2ccccc2)CCO1. The van der Waals surface area contributed by atoms with E-state index in [9.17, 15) is 9.59 Å². The molecule has 2 fully saturated rings. The van der Waals surface area contributed by atoms with Crippen molar-refractivity contribution >= 4 is 24.3 Å². The van der Waals surface area contributed by atoms with Crippen LogP contribution in [0, 0.1) is 0 Å². The van der Waals surface area contributed by atoms with E-state index >= 15 is 0 Å². The van der Waals surface area contributed by atoms with Crippen LogP contribution in [0.25, 0.3) is 0 Å². The van der Waals surface area contributed by atoms with Crippen molar-refractivity contribution in [1.82, 2.24) is 14.7 Å². The normalized spacial score (nSPS) is 20.6. The first-order chi connectivity index (χ1) is 16.4. The standard InChI is InChI=1S/C14H20N2O2.C12H15NO3.ClH/c1-15(2)14(17)13-11-16(8-9-18-13)10-12-6-4-3-5-7-12;14-12(15)11-9-13(6-7-16-11)8-10-4-2-1-3-5-10;/h3-7,13H,8-11H2,1-2H3;1-5,11H,6-9H2,(H,14,15);1H. The van der Waals surface area contributed by atoms with Gasteiger partial charge in [-0.05, 0) is 11.1 Å². The number of hydrogen-bond donors (Lipinski definition) is 1. The number of nitrogens with zero attached hydrogens (tertiary/aromatic N) is 3. The minimum atomic E-state index is -0.877. The summed E-state index contributed by atoms with van der Waals surface area (Å²) in [6.07, 6.45) is -1.00. The Hall–Kier alpha value is -2.49. The van der Waals surface area contributed by atoms with Gasteiger partial charge in [0.15, 0.2) is 6.10 Å². The molecule has 2 aromatic carbocycles. The van der Waals surface area contributed by atoms with Crippen molar-refractivity contribution in [2.45, 2.75) is 25.3 Å². The van der Waals surface area contributed by atoms with Gasteiger partial charge in [-0.15, -0.1) is 12.4 Å². The van der Waals surface area contributed by atoms with Crippen molar-refractivity contribution in [3.8, 4) is 0 Å². The molecule has 1 N–H and O–H groups in total. The summed E-state index contributed by atoms with van der Waals surface area (Å²) in [7, 11) is 3.53. The maximum atomic E-state index is 11.9. The summed E-state index contributed by atoms with van der Waals surface area (Å²) >= 11 is 0. The van der Waals surface area contributed by atoms with Gasteiger partial charge in [-0.2, -0.15) is 0 Å². The largest absolute Gasteiger partial charge is 0.479 e. The van der Waals surface area contributed by atoms with E-state index in [1.165, 1.54) is 11.1 Å². The quantitative estimate of drug-likeness (QED) is 0.645. The van der Waals surface area contributed by atoms with Crippen molar-refractivity contribution < 1.29 is 24.2 Å². The highest BCUT2D eigenvalue weighted by molar-refractivity contribution is 5.85. The Balaban J connectivity index is 0.000000241. The van der Waals surface area contributed by atoms with Crippen LogP contribution in [0.3, 0.4) is 0 Å². The lowest BCUT2D eigenvalue weighted by Gasteiger charge is -2.33. The number of aliphatic carboxylic acids is 1. The van der Waals surface area contributed by atoms with Crippen molar-refractivity contribution in [2.75, 3.05) is 53.5 Å². The van der Waals surface area contributed by atoms with Gasteiger partial charge < -0.3 is 19.5 Å². The number of halogens is 1. The van der Waals surface area contributed by atoms with Crippen molar-refractivity contribution in [1.29, 1.82) is 0 Å². The van der Waals surface area contributed by atoms with Crippen LogP contribution in [-0.4, -0.2) is 97.4 Å². The van der Waals surface area contributed by atoms with Crippen molar-refractivity contribution in [3.63, 3.8) is 0 Å². The van der Waals surface area contributed by atoms with Crippen LogP contribution in [-0.2, 0) is 32.2 Å². The maximum absolute atomic E-state index is 11.9. The topological polar surface area (TPSA) is 82.5 Å². The number of rotatable bonds is 6. The Morgan fingerprint density at radius 1 is 0.829 bits per heavy atom. The molecule has 1 amide bonds. The van der Waals surface area contributed by atoms with Gasteiger partial charge in [-0.25, -0.2) is 4.79 Å². The first-order valence-electron chi connectivity index (χ1n) is 11.6. The summed E-state index contributed by atoms with van der Waals surface area (Å²) in [5, 5.41) is 8.87. The number of carboxylic acid groups (broad SMARTS) is 1. The van der Waals surface area contributed by atoms with Gasteiger partial charge in [0.2, 0.25) is 0 Å². The van der Waals surface area contributed by atoms with Crippen molar-refractivity contribution in [2.24, 2.45) is 0 Å². The second kappa shape index (κ2) is 14.8. The molecule has 9 heteroatoms. The zero-order valence-corrected chi connectivity index (χ0v) is 21.2. The van der Waals surface area contributed by atoms with Gasteiger partial charge in [0.1, 0.15) is 6.10 Å². The summed E-state index contributed by atoms with van der Waals surface area (Å²) in [4.78, 5) is 28.6. The predicted molar refractivity (Wildman–Crippen MR) is 136 cm³/mol. The third-order valence-electron chi connectivity index (χ3n) is 5.79. The smallest absolute Gasteiger partial charge is 0.334 e. The van der Waals surface area contributed by atoms with Crippen LogP contribution in [0.2, 0.25) is 0 Å². The lowest BCUT2D eigenvalue weighted by molar-refractivity contribution is -0.156. The molecule has 192 valence electrons. The summed E-state index contributed by atoms with van der Waals surface area (Å²) in [5.41, 5.74) is 2.48. The maximum Gasteiger partial charge on any atom is 0.334 e. The van der Waals surface area contributed by atoms with Gasteiger partial charge in [-0.3, -0.25) is 14.6 Å². The van der Waals surface area contributed by atoms with E-state index in [4.69, 9.17) is 14.6 Å². The van der Waals surface area contributed by atoms with Crippen molar-refractivity contribution in [3.05, 3.63) is 71.8 Å². The number of hydrogen-bond acceptors (Lipinski definition) is 6. The highest BCUT2D eigenvalue weighted by Crippen LogP contribution is 2.12. The van der Waals surface area contributed by atoms with E-state index in [1.54, 1.807) is 19.0 Å². The van der Waals surface area contributed by atoms with E-state index in [2.05, 4.69) is 21.9 Å². The minimum Gasteiger partial charge on any atom is -0.479 e. The molecular formula is C26H36ClN3O5. The summed E-state index contributed by atoms with van der Waals surface area (Å²) in [6, 6.07) is 20.4. The Morgan fingerprint density at radius 2 is 1.26 bits per heavy atom. The summed E-state index contributed by atoms with van der Waals surface area (Å²) in [6.45, 7) is 5.58. The van der Waals surface area contributed by atoms with Gasteiger partial charge in [0, 0.05) is 53.4 Å². The monoisotopic (exact) mass is 505 g/mol. The van der Waals surface area contributed by atoms with Gasteiger partial charge in [0.25, 0.3) is 5.91 Å². The Kier molecular flexibility index (Phi) is 12.2. The average molecular weight is 506 g/mol. The zero-order chi connectivity index (χ0) is 24.3. The average Bonchev–Trinajstić information content (AvgIpc) is 2.85. The molecule has 2 aliphatic heterocycles. The number of carbonyl (C=O) groups excluding carboxylic acids is 1. The van der Waals surface area contributed by atoms with Gasteiger partial charge in [-0.1, -0.05) is 60.7 Å². The molecular weight excluding hydrogens is 470 g/mol. The molecule has 8 nitrogen and oxygen atoms in total. The molecule has 2 saturated heterocycles. The molecule has 4 rings (SSSR count). The highest BCUT2D eigenvalue weighted by Gasteiger charge is 2.28. The van der Waals surface area contributed by atoms with Crippen LogP contribution in [0.5, 0.6) is 0 Å². The predicted octanol–water partition coefficient (Wildman–Crippen LogP) is 2.37. The minimum absolute atomic E-state index is 0.